The molecule has 0 saturated carbocycles. The van der Waals surface area contributed by atoms with E-state index in [0.29, 0.717) is 11.8 Å². The van der Waals surface area contributed by atoms with Gasteiger partial charge in [-0.3, -0.25) is 4.90 Å². The van der Waals surface area contributed by atoms with E-state index in [1.165, 1.54) is 19.3 Å². The number of piperidine rings is 1. The first-order valence-electron chi connectivity index (χ1n) is 8.25. The minimum Gasteiger partial charge on any atom is -0.496 e. The summed E-state index contributed by atoms with van der Waals surface area (Å²) in [5, 5.41) is 11.1. The van der Waals surface area contributed by atoms with E-state index in [0.717, 1.165) is 17.9 Å². The van der Waals surface area contributed by atoms with Crippen LogP contribution in [-0.4, -0.2) is 41.3 Å². The molecule has 0 radical (unpaired) electrons. The lowest BCUT2D eigenvalue weighted by Crippen LogP contribution is -2.61. The largest absolute Gasteiger partial charge is 0.496 e. The van der Waals surface area contributed by atoms with E-state index in [9.17, 15) is 5.11 Å². The third-order valence-corrected chi connectivity index (χ3v) is 5.14. The van der Waals surface area contributed by atoms with Crippen LogP contribution < -0.4 is 9.47 Å². The number of benzene rings is 1. The number of hydrogen-bond acceptors (Lipinski definition) is 4. The Balaban J connectivity index is 2.03. The molecule has 1 N–H and O–H groups in total. The number of hydrogen-bond donors (Lipinski definition) is 1. The molecule has 2 aliphatic heterocycles. The Hall–Kier alpha value is -1.26. The summed E-state index contributed by atoms with van der Waals surface area (Å²) in [5.74, 6) is 1.44. The maximum absolute atomic E-state index is 11.1. The zero-order valence-electron chi connectivity index (χ0n) is 14.0. The van der Waals surface area contributed by atoms with E-state index in [1.54, 1.807) is 7.11 Å². The SMILES string of the molecule is COc1cccc2c1C(O)C(N1CCCCC1C)C(C)(C)O2. The van der Waals surface area contributed by atoms with E-state index < -0.39 is 11.7 Å². The number of aliphatic hydroxyl groups excluding tert-OH is 1. The van der Waals surface area contributed by atoms with Gasteiger partial charge in [-0.25, -0.2) is 0 Å². The van der Waals surface area contributed by atoms with Gasteiger partial charge in [0.15, 0.2) is 0 Å². The molecule has 0 bridgehead atoms. The van der Waals surface area contributed by atoms with Gasteiger partial charge in [-0.2, -0.15) is 0 Å². The van der Waals surface area contributed by atoms with Gasteiger partial charge in [-0.15, -0.1) is 0 Å². The summed E-state index contributed by atoms with van der Waals surface area (Å²) in [4.78, 5) is 2.42. The van der Waals surface area contributed by atoms with Crippen molar-refractivity contribution < 1.29 is 14.6 Å². The zero-order chi connectivity index (χ0) is 15.9. The molecule has 3 atom stereocenters. The maximum atomic E-state index is 11.1. The number of methoxy groups -OCH3 is 1. The topological polar surface area (TPSA) is 41.9 Å². The number of ether oxygens (including phenoxy) is 2. The molecular weight excluding hydrogens is 278 g/mol. The summed E-state index contributed by atoms with van der Waals surface area (Å²) in [6.07, 6.45) is 3.03. The van der Waals surface area contributed by atoms with E-state index in [-0.39, 0.29) is 6.04 Å². The Labute approximate surface area is 133 Å². The fourth-order valence-electron chi connectivity index (χ4n) is 4.08. The summed E-state index contributed by atoms with van der Waals surface area (Å²) in [6, 6.07) is 6.11. The molecule has 0 aliphatic carbocycles. The van der Waals surface area contributed by atoms with Crippen LogP contribution in [0.25, 0.3) is 0 Å². The van der Waals surface area contributed by atoms with Crippen LogP contribution in [0.1, 0.15) is 51.7 Å². The Morgan fingerprint density at radius 3 is 2.77 bits per heavy atom. The molecule has 0 spiro atoms. The van der Waals surface area contributed by atoms with Crippen LogP contribution in [0.3, 0.4) is 0 Å². The predicted molar refractivity (Wildman–Crippen MR) is 86.5 cm³/mol. The van der Waals surface area contributed by atoms with E-state index >= 15 is 0 Å². The van der Waals surface area contributed by atoms with E-state index in [2.05, 4.69) is 25.7 Å². The molecule has 3 unspecified atom stereocenters. The Bertz CT molecular complexity index is 543. The summed E-state index contributed by atoms with van der Waals surface area (Å²) in [6.45, 7) is 7.41. The van der Waals surface area contributed by atoms with Crippen molar-refractivity contribution in [2.75, 3.05) is 13.7 Å². The minimum absolute atomic E-state index is 0.0633. The van der Waals surface area contributed by atoms with Crippen LogP contribution in [0, 0.1) is 0 Å². The molecular formula is C18H27NO3. The van der Waals surface area contributed by atoms with Gasteiger partial charge in [-0.05, 0) is 52.3 Å². The lowest BCUT2D eigenvalue weighted by molar-refractivity contribution is -0.101. The molecule has 1 saturated heterocycles. The highest BCUT2D eigenvalue weighted by molar-refractivity contribution is 5.49. The van der Waals surface area contributed by atoms with Crippen LogP contribution in [-0.2, 0) is 0 Å². The highest BCUT2D eigenvalue weighted by Gasteiger charge is 2.48. The highest BCUT2D eigenvalue weighted by atomic mass is 16.5. The van der Waals surface area contributed by atoms with Crippen molar-refractivity contribution >= 4 is 0 Å². The summed E-state index contributed by atoms with van der Waals surface area (Å²) < 4.78 is 11.7. The van der Waals surface area contributed by atoms with Crippen LogP contribution in [0.2, 0.25) is 0 Å². The maximum Gasteiger partial charge on any atom is 0.129 e. The van der Waals surface area contributed by atoms with Gasteiger partial charge in [0.25, 0.3) is 0 Å². The normalized spacial score (nSPS) is 31.2. The molecule has 122 valence electrons. The molecule has 0 amide bonds. The number of aliphatic hydroxyl groups is 1. The Kier molecular flexibility index (Phi) is 4.08. The fraction of sp³-hybridized carbons (Fsp3) is 0.667. The Morgan fingerprint density at radius 2 is 2.09 bits per heavy atom. The second-order valence-corrected chi connectivity index (χ2v) is 7.05. The van der Waals surface area contributed by atoms with Gasteiger partial charge >= 0.3 is 0 Å². The first-order chi connectivity index (χ1) is 10.5. The monoisotopic (exact) mass is 305 g/mol. The van der Waals surface area contributed by atoms with Crippen molar-refractivity contribution in [3.63, 3.8) is 0 Å². The molecule has 0 aromatic heterocycles. The van der Waals surface area contributed by atoms with Gasteiger partial charge in [0.05, 0.1) is 18.7 Å². The standard InChI is InChI=1S/C18H27NO3/c1-12-8-5-6-11-19(12)17-16(20)15-13(21-4)9-7-10-14(15)22-18(17,2)3/h7,9-10,12,16-17,20H,5-6,8,11H2,1-4H3. The third kappa shape index (κ3) is 2.48. The molecule has 1 aromatic rings. The van der Waals surface area contributed by atoms with E-state index in [4.69, 9.17) is 9.47 Å². The number of fused-ring (bicyclic) bond motifs is 1. The van der Waals surface area contributed by atoms with Gasteiger partial charge in [-0.1, -0.05) is 12.5 Å². The minimum atomic E-state index is -0.601. The smallest absolute Gasteiger partial charge is 0.129 e. The van der Waals surface area contributed by atoms with Crippen molar-refractivity contribution in [2.45, 2.75) is 63.8 Å². The molecule has 22 heavy (non-hydrogen) atoms. The molecule has 4 heteroatoms. The van der Waals surface area contributed by atoms with Crippen LogP contribution in [0.5, 0.6) is 11.5 Å². The van der Waals surface area contributed by atoms with Crippen LogP contribution in [0.15, 0.2) is 18.2 Å². The zero-order valence-corrected chi connectivity index (χ0v) is 14.0. The number of nitrogens with zero attached hydrogens (tertiary/aromatic N) is 1. The summed E-state index contributed by atoms with van der Waals surface area (Å²) >= 11 is 0. The fourth-order valence-corrected chi connectivity index (χ4v) is 4.08. The van der Waals surface area contributed by atoms with Crippen molar-refractivity contribution in [1.29, 1.82) is 0 Å². The predicted octanol–water partition coefficient (Wildman–Crippen LogP) is 3.14. The van der Waals surface area contributed by atoms with Gasteiger partial charge < -0.3 is 14.6 Å². The van der Waals surface area contributed by atoms with Gasteiger partial charge in [0.1, 0.15) is 23.2 Å². The van der Waals surface area contributed by atoms with E-state index in [1.807, 2.05) is 18.2 Å². The van der Waals surface area contributed by atoms with Crippen molar-refractivity contribution in [3.8, 4) is 11.5 Å². The van der Waals surface area contributed by atoms with Crippen molar-refractivity contribution in [3.05, 3.63) is 23.8 Å². The molecule has 2 aliphatic rings. The van der Waals surface area contributed by atoms with Crippen molar-refractivity contribution in [1.82, 2.24) is 4.90 Å². The van der Waals surface area contributed by atoms with Gasteiger partial charge in [0.2, 0.25) is 0 Å². The Morgan fingerprint density at radius 1 is 1.32 bits per heavy atom. The van der Waals surface area contributed by atoms with Crippen LogP contribution in [0.4, 0.5) is 0 Å². The lowest BCUT2D eigenvalue weighted by atomic mass is 9.82. The molecule has 2 heterocycles. The lowest BCUT2D eigenvalue weighted by Gasteiger charge is -2.51. The second-order valence-electron chi connectivity index (χ2n) is 7.05. The highest BCUT2D eigenvalue weighted by Crippen LogP contribution is 2.47. The number of likely N-dealkylation sites (tertiary alicyclic amines) is 1. The summed E-state index contributed by atoms with van der Waals surface area (Å²) in [5.41, 5.74) is 0.344. The third-order valence-electron chi connectivity index (χ3n) is 5.14. The molecule has 4 nitrogen and oxygen atoms in total. The molecule has 3 rings (SSSR count). The summed E-state index contributed by atoms with van der Waals surface area (Å²) in [7, 11) is 1.64. The first kappa shape index (κ1) is 15.6. The molecule has 1 fully saturated rings. The van der Waals surface area contributed by atoms with Gasteiger partial charge in [0, 0.05) is 6.04 Å². The van der Waals surface area contributed by atoms with Crippen molar-refractivity contribution in [2.24, 2.45) is 0 Å². The first-order valence-corrected chi connectivity index (χ1v) is 8.25. The quantitative estimate of drug-likeness (QED) is 0.911. The average molecular weight is 305 g/mol. The van der Waals surface area contributed by atoms with Crippen LogP contribution >= 0.6 is 0 Å². The average Bonchev–Trinajstić information content (AvgIpc) is 2.47. The second kappa shape index (κ2) is 5.74. The molecule has 1 aromatic carbocycles. The number of rotatable bonds is 2.